The number of halogens is 1. The Morgan fingerprint density at radius 3 is 2.66 bits per heavy atom. The van der Waals surface area contributed by atoms with Crippen molar-refractivity contribution in [1.82, 2.24) is 14.8 Å². The zero-order valence-electron chi connectivity index (χ0n) is 16.2. The lowest BCUT2D eigenvalue weighted by Gasteiger charge is -2.16. The van der Waals surface area contributed by atoms with Gasteiger partial charge in [0.1, 0.15) is 5.82 Å². The number of hydrogen-bond donors (Lipinski definition) is 1. The topological polar surface area (TPSA) is 59.8 Å². The monoisotopic (exact) mass is 406 g/mol. The predicted octanol–water partition coefficient (Wildman–Crippen LogP) is 5.00. The third-order valence-corrected chi connectivity index (χ3v) is 6.32. The van der Waals surface area contributed by atoms with Gasteiger partial charge in [0.25, 0.3) is 0 Å². The van der Waals surface area contributed by atoms with Crippen LogP contribution >= 0.6 is 11.6 Å². The first-order valence-electron chi connectivity index (χ1n) is 10.3. The van der Waals surface area contributed by atoms with Gasteiger partial charge in [0.15, 0.2) is 5.82 Å². The molecule has 2 heterocycles. The summed E-state index contributed by atoms with van der Waals surface area (Å²) in [6, 6.07) is 15.5. The maximum absolute atomic E-state index is 13.1. The normalized spacial score (nSPS) is 17.3. The maximum Gasteiger partial charge on any atom is 0.235 e. The Morgan fingerprint density at radius 1 is 1.03 bits per heavy atom. The van der Waals surface area contributed by atoms with Gasteiger partial charge in [-0.1, -0.05) is 42.3 Å². The summed E-state index contributed by atoms with van der Waals surface area (Å²) in [6.45, 7) is 0.952. The van der Waals surface area contributed by atoms with Crippen molar-refractivity contribution >= 4 is 23.2 Å². The number of nitrogens with one attached hydrogen (secondary N) is 1. The molecule has 2 aromatic carbocycles. The van der Waals surface area contributed by atoms with E-state index in [9.17, 15) is 4.79 Å². The van der Waals surface area contributed by atoms with Gasteiger partial charge in [0, 0.05) is 29.2 Å². The molecule has 1 fully saturated rings. The maximum atomic E-state index is 13.1. The Kier molecular flexibility index (Phi) is 4.63. The minimum atomic E-state index is -0.438. The van der Waals surface area contributed by atoms with Crippen LogP contribution in [0.3, 0.4) is 0 Å². The Labute approximate surface area is 175 Å². The number of fused-ring (bicyclic) bond motifs is 1. The number of aromatic nitrogens is 3. The van der Waals surface area contributed by atoms with Gasteiger partial charge in [-0.3, -0.25) is 4.79 Å². The average molecular weight is 407 g/mol. The van der Waals surface area contributed by atoms with E-state index in [-0.39, 0.29) is 5.91 Å². The molecule has 1 aliphatic heterocycles. The molecule has 1 aliphatic carbocycles. The number of carbonyl (C=O) groups is 1. The molecule has 2 aliphatic rings. The molecule has 6 heteroatoms. The molecule has 1 saturated carbocycles. The van der Waals surface area contributed by atoms with Crippen LogP contribution in [0.25, 0.3) is 11.4 Å². The van der Waals surface area contributed by atoms with E-state index < -0.39 is 5.41 Å². The standard InChI is InChI=1S/C23H23ClN4O/c24-18-10-8-17(9-11-18)23(12-13-23)22(29)25-19-6-4-5-16(15-19)21-27-26-20-7-2-1-3-14-28(20)21/h4-6,8-11,15H,1-3,7,12-14H2,(H,25,29). The van der Waals surface area contributed by atoms with Gasteiger partial charge in [-0.2, -0.15) is 0 Å². The number of hydrogen-bond acceptors (Lipinski definition) is 3. The van der Waals surface area contributed by atoms with Gasteiger partial charge in [-0.05, 0) is 55.5 Å². The molecule has 0 saturated heterocycles. The molecule has 0 bridgehead atoms. The number of rotatable bonds is 4. The summed E-state index contributed by atoms with van der Waals surface area (Å²) < 4.78 is 2.23. The van der Waals surface area contributed by atoms with E-state index in [2.05, 4.69) is 20.1 Å². The third kappa shape index (κ3) is 3.44. The van der Waals surface area contributed by atoms with E-state index in [1.54, 1.807) is 0 Å². The fraction of sp³-hybridized carbons (Fsp3) is 0.348. The van der Waals surface area contributed by atoms with E-state index >= 15 is 0 Å². The highest BCUT2D eigenvalue weighted by Crippen LogP contribution is 2.49. The molecule has 148 valence electrons. The number of aryl methyl sites for hydroxylation is 1. The first-order valence-corrected chi connectivity index (χ1v) is 10.6. The van der Waals surface area contributed by atoms with Crippen LogP contribution in [0.2, 0.25) is 5.02 Å². The second-order valence-electron chi connectivity index (χ2n) is 8.03. The summed E-state index contributed by atoms with van der Waals surface area (Å²) in [4.78, 5) is 13.1. The molecule has 1 amide bonds. The first-order chi connectivity index (χ1) is 14.2. The lowest BCUT2D eigenvalue weighted by atomic mass is 9.95. The molecular weight excluding hydrogens is 384 g/mol. The highest BCUT2D eigenvalue weighted by atomic mass is 35.5. The average Bonchev–Trinajstić information content (AvgIpc) is 3.49. The molecule has 1 N–H and O–H groups in total. The van der Waals surface area contributed by atoms with Gasteiger partial charge in [-0.15, -0.1) is 10.2 Å². The van der Waals surface area contributed by atoms with E-state index in [0.717, 1.165) is 60.7 Å². The Bertz CT molecular complexity index is 1050. The summed E-state index contributed by atoms with van der Waals surface area (Å²) in [5.74, 6) is 1.99. The van der Waals surface area contributed by atoms with Crippen LogP contribution in [0, 0.1) is 0 Å². The first kappa shape index (κ1) is 18.4. The number of anilines is 1. The minimum absolute atomic E-state index is 0.0389. The second kappa shape index (κ2) is 7.30. The van der Waals surface area contributed by atoms with Crippen molar-refractivity contribution in [2.24, 2.45) is 0 Å². The second-order valence-corrected chi connectivity index (χ2v) is 8.46. The van der Waals surface area contributed by atoms with Crippen molar-refractivity contribution in [3.05, 3.63) is 64.9 Å². The summed E-state index contributed by atoms with van der Waals surface area (Å²) >= 11 is 6.00. The lowest BCUT2D eigenvalue weighted by Crippen LogP contribution is -2.27. The number of carbonyl (C=O) groups excluding carboxylic acids is 1. The largest absolute Gasteiger partial charge is 0.325 e. The lowest BCUT2D eigenvalue weighted by molar-refractivity contribution is -0.118. The van der Waals surface area contributed by atoms with Crippen LogP contribution in [-0.2, 0) is 23.2 Å². The zero-order chi connectivity index (χ0) is 19.8. The van der Waals surface area contributed by atoms with Crippen molar-refractivity contribution < 1.29 is 4.79 Å². The molecule has 3 aromatic rings. The zero-order valence-corrected chi connectivity index (χ0v) is 17.0. The van der Waals surface area contributed by atoms with Crippen molar-refractivity contribution in [2.45, 2.75) is 50.5 Å². The van der Waals surface area contributed by atoms with Crippen molar-refractivity contribution in [2.75, 3.05) is 5.32 Å². The Morgan fingerprint density at radius 2 is 1.86 bits per heavy atom. The fourth-order valence-corrected chi connectivity index (χ4v) is 4.35. The smallest absolute Gasteiger partial charge is 0.235 e. The van der Waals surface area contributed by atoms with Crippen LogP contribution in [-0.4, -0.2) is 20.7 Å². The predicted molar refractivity (Wildman–Crippen MR) is 114 cm³/mol. The van der Waals surface area contributed by atoms with E-state index in [1.807, 2.05) is 48.5 Å². The van der Waals surface area contributed by atoms with Gasteiger partial charge >= 0.3 is 0 Å². The van der Waals surface area contributed by atoms with Crippen molar-refractivity contribution in [1.29, 1.82) is 0 Å². The van der Waals surface area contributed by atoms with E-state index in [4.69, 9.17) is 11.6 Å². The molecule has 29 heavy (non-hydrogen) atoms. The molecule has 0 spiro atoms. The van der Waals surface area contributed by atoms with Crippen molar-refractivity contribution in [3.8, 4) is 11.4 Å². The van der Waals surface area contributed by atoms with Crippen LogP contribution < -0.4 is 5.32 Å². The third-order valence-electron chi connectivity index (χ3n) is 6.07. The highest BCUT2D eigenvalue weighted by Gasteiger charge is 2.51. The molecule has 0 radical (unpaired) electrons. The van der Waals surface area contributed by atoms with Crippen LogP contribution in [0.1, 0.15) is 43.5 Å². The van der Waals surface area contributed by atoms with E-state index in [0.29, 0.717) is 5.02 Å². The SMILES string of the molecule is O=C(Nc1cccc(-c2nnc3n2CCCCC3)c1)C1(c2ccc(Cl)cc2)CC1. The number of amides is 1. The Hall–Kier alpha value is -2.66. The molecule has 5 rings (SSSR count). The summed E-state index contributed by atoms with van der Waals surface area (Å²) in [5, 5.41) is 12.6. The highest BCUT2D eigenvalue weighted by molar-refractivity contribution is 6.30. The quantitative estimate of drug-likeness (QED) is 0.663. The summed E-state index contributed by atoms with van der Waals surface area (Å²) in [6.07, 6.45) is 6.24. The molecule has 0 atom stereocenters. The van der Waals surface area contributed by atoms with Gasteiger partial charge in [0.2, 0.25) is 5.91 Å². The van der Waals surface area contributed by atoms with E-state index in [1.165, 1.54) is 12.8 Å². The van der Waals surface area contributed by atoms with Crippen LogP contribution in [0.4, 0.5) is 5.69 Å². The Balaban J connectivity index is 1.39. The number of benzene rings is 2. The number of nitrogens with zero attached hydrogens (tertiary/aromatic N) is 3. The van der Waals surface area contributed by atoms with Crippen molar-refractivity contribution in [3.63, 3.8) is 0 Å². The summed E-state index contributed by atoms with van der Waals surface area (Å²) in [7, 11) is 0. The summed E-state index contributed by atoms with van der Waals surface area (Å²) in [5.41, 5.74) is 2.36. The molecule has 5 nitrogen and oxygen atoms in total. The van der Waals surface area contributed by atoms with Crippen LogP contribution in [0.15, 0.2) is 48.5 Å². The molecular formula is C23H23ClN4O. The molecule has 0 unspecified atom stereocenters. The minimum Gasteiger partial charge on any atom is -0.325 e. The molecule has 1 aromatic heterocycles. The van der Waals surface area contributed by atoms with Gasteiger partial charge in [-0.25, -0.2) is 0 Å². The van der Waals surface area contributed by atoms with Gasteiger partial charge < -0.3 is 9.88 Å². The van der Waals surface area contributed by atoms with Gasteiger partial charge in [0.05, 0.1) is 5.41 Å². The van der Waals surface area contributed by atoms with Crippen LogP contribution in [0.5, 0.6) is 0 Å². The fourth-order valence-electron chi connectivity index (χ4n) is 4.23.